The smallest absolute Gasteiger partial charge is 0.307 e. The molecule has 1 aliphatic carbocycles. The van der Waals surface area contributed by atoms with Gasteiger partial charge in [-0.25, -0.2) is 0 Å². The number of hydrogen-bond donors (Lipinski definition) is 1. The van der Waals surface area contributed by atoms with E-state index >= 15 is 0 Å². The molecular formula is C17H18N2O3. The first-order chi connectivity index (χ1) is 10.6. The maximum atomic E-state index is 12.0. The van der Waals surface area contributed by atoms with Crippen LogP contribution < -0.4 is 5.32 Å². The zero-order valence-electron chi connectivity index (χ0n) is 12.4. The molecule has 22 heavy (non-hydrogen) atoms. The summed E-state index contributed by atoms with van der Waals surface area (Å²) in [6.07, 6.45) is 5.44. The van der Waals surface area contributed by atoms with Gasteiger partial charge in [-0.15, -0.1) is 0 Å². The number of nitrogens with one attached hydrogen (secondary N) is 1. The fraction of sp³-hybridized carbons (Fsp3) is 0.353. The number of amides is 1. The number of anilines is 1. The fourth-order valence-corrected chi connectivity index (χ4v) is 2.29. The first kappa shape index (κ1) is 15.8. The Morgan fingerprint density at radius 2 is 2.32 bits per heavy atom. The number of ether oxygens (including phenoxy) is 1. The molecule has 0 bridgehead atoms. The average Bonchev–Trinajstić information content (AvgIpc) is 3.00. The highest BCUT2D eigenvalue weighted by Gasteiger charge is 2.21. The standard InChI is InChI=1S/C17H18N2O3/c1-12(22-16(20)10-13-5-2-3-6-13)17(21)19-15-8-4-7-14(9-15)11-18/h2,4-5,7-9,12-13H,3,6,10H2,1H3,(H,19,21)/t12-,13-/m0/s1. The summed E-state index contributed by atoms with van der Waals surface area (Å²) >= 11 is 0. The van der Waals surface area contributed by atoms with Crippen LogP contribution in [0.15, 0.2) is 36.4 Å². The maximum absolute atomic E-state index is 12.0. The van der Waals surface area contributed by atoms with E-state index in [2.05, 4.69) is 11.4 Å². The molecule has 1 N–H and O–H groups in total. The van der Waals surface area contributed by atoms with Crippen LogP contribution in [0.5, 0.6) is 0 Å². The van der Waals surface area contributed by atoms with Gasteiger partial charge in [0.25, 0.3) is 5.91 Å². The molecule has 0 aromatic heterocycles. The van der Waals surface area contributed by atoms with Crippen LogP contribution in [-0.4, -0.2) is 18.0 Å². The van der Waals surface area contributed by atoms with Crippen molar-refractivity contribution < 1.29 is 14.3 Å². The van der Waals surface area contributed by atoms with Crippen molar-refractivity contribution in [2.45, 2.75) is 32.3 Å². The van der Waals surface area contributed by atoms with E-state index < -0.39 is 12.0 Å². The Kier molecular flexibility index (Phi) is 5.31. The van der Waals surface area contributed by atoms with Gasteiger partial charge in [0.15, 0.2) is 6.10 Å². The lowest BCUT2D eigenvalue weighted by molar-refractivity contribution is -0.153. The van der Waals surface area contributed by atoms with Crippen LogP contribution >= 0.6 is 0 Å². The van der Waals surface area contributed by atoms with Crippen molar-refractivity contribution in [1.29, 1.82) is 5.26 Å². The predicted octanol–water partition coefficient (Wildman–Crippen LogP) is 2.78. The molecule has 1 amide bonds. The van der Waals surface area contributed by atoms with Gasteiger partial charge < -0.3 is 10.1 Å². The third kappa shape index (κ3) is 4.45. The van der Waals surface area contributed by atoms with Gasteiger partial charge in [-0.2, -0.15) is 5.26 Å². The van der Waals surface area contributed by atoms with Crippen LogP contribution in [0.4, 0.5) is 5.69 Å². The molecule has 0 unspecified atom stereocenters. The number of nitriles is 1. The molecule has 2 rings (SSSR count). The normalized spacial score (nSPS) is 17.5. The topological polar surface area (TPSA) is 79.2 Å². The van der Waals surface area contributed by atoms with Crippen molar-refractivity contribution in [3.63, 3.8) is 0 Å². The van der Waals surface area contributed by atoms with Crippen LogP contribution in [0.2, 0.25) is 0 Å². The second-order valence-electron chi connectivity index (χ2n) is 5.28. The highest BCUT2D eigenvalue weighted by molar-refractivity contribution is 5.95. The molecule has 0 saturated carbocycles. The Morgan fingerprint density at radius 1 is 1.50 bits per heavy atom. The number of esters is 1. The summed E-state index contributed by atoms with van der Waals surface area (Å²) in [5, 5.41) is 11.5. The average molecular weight is 298 g/mol. The van der Waals surface area contributed by atoms with Crippen LogP contribution in [0.1, 0.15) is 31.7 Å². The van der Waals surface area contributed by atoms with Crippen LogP contribution in [0.3, 0.4) is 0 Å². The second-order valence-corrected chi connectivity index (χ2v) is 5.28. The summed E-state index contributed by atoms with van der Waals surface area (Å²) in [7, 11) is 0. The summed E-state index contributed by atoms with van der Waals surface area (Å²) in [6, 6.07) is 8.57. The number of nitrogens with zero attached hydrogens (tertiary/aromatic N) is 1. The molecule has 1 aromatic rings. The minimum absolute atomic E-state index is 0.218. The first-order valence-electron chi connectivity index (χ1n) is 7.25. The Labute approximate surface area is 129 Å². The van der Waals surface area contributed by atoms with Crippen molar-refractivity contribution >= 4 is 17.6 Å². The van der Waals surface area contributed by atoms with E-state index in [1.165, 1.54) is 6.92 Å². The quantitative estimate of drug-likeness (QED) is 0.669. The van der Waals surface area contributed by atoms with Crippen LogP contribution in [0.25, 0.3) is 0 Å². The van der Waals surface area contributed by atoms with Gasteiger partial charge in [0.05, 0.1) is 18.1 Å². The van der Waals surface area contributed by atoms with E-state index in [1.54, 1.807) is 24.3 Å². The highest BCUT2D eigenvalue weighted by Crippen LogP contribution is 2.21. The summed E-state index contributed by atoms with van der Waals surface area (Å²) in [5.41, 5.74) is 0.959. The molecule has 5 nitrogen and oxygen atoms in total. The summed E-state index contributed by atoms with van der Waals surface area (Å²) in [6.45, 7) is 1.53. The van der Waals surface area contributed by atoms with Gasteiger partial charge in [0, 0.05) is 5.69 Å². The number of carbonyl (C=O) groups is 2. The van der Waals surface area contributed by atoms with Crippen molar-refractivity contribution in [1.82, 2.24) is 0 Å². The van der Waals surface area contributed by atoms with E-state index in [-0.39, 0.29) is 11.9 Å². The molecular weight excluding hydrogens is 280 g/mol. The molecule has 0 heterocycles. The Bertz CT molecular complexity index is 631. The molecule has 2 atom stereocenters. The summed E-state index contributed by atoms with van der Waals surface area (Å²) in [5.74, 6) is -0.564. The summed E-state index contributed by atoms with van der Waals surface area (Å²) in [4.78, 5) is 23.8. The molecule has 0 radical (unpaired) electrons. The van der Waals surface area contributed by atoms with Crippen molar-refractivity contribution in [2.24, 2.45) is 5.92 Å². The summed E-state index contributed by atoms with van der Waals surface area (Å²) < 4.78 is 5.15. The van der Waals surface area contributed by atoms with Gasteiger partial charge in [-0.3, -0.25) is 9.59 Å². The monoisotopic (exact) mass is 298 g/mol. The lowest BCUT2D eigenvalue weighted by Crippen LogP contribution is -2.30. The number of allylic oxidation sites excluding steroid dienone is 2. The van der Waals surface area contributed by atoms with Gasteiger partial charge in [0.2, 0.25) is 0 Å². The molecule has 1 aromatic carbocycles. The third-order valence-corrected chi connectivity index (χ3v) is 3.48. The van der Waals surface area contributed by atoms with E-state index in [0.29, 0.717) is 17.7 Å². The zero-order valence-corrected chi connectivity index (χ0v) is 12.4. The van der Waals surface area contributed by atoms with E-state index in [9.17, 15) is 9.59 Å². The Morgan fingerprint density at radius 3 is 3.00 bits per heavy atom. The Balaban J connectivity index is 1.84. The number of carbonyl (C=O) groups excluding carboxylic acids is 2. The van der Waals surface area contributed by atoms with Gasteiger partial charge in [0.1, 0.15) is 0 Å². The van der Waals surface area contributed by atoms with Crippen LogP contribution in [-0.2, 0) is 14.3 Å². The predicted molar refractivity (Wildman–Crippen MR) is 81.8 cm³/mol. The second kappa shape index (κ2) is 7.41. The molecule has 0 spiro atoms. The molecule has 0 saturated heterocycles. The number of rotatable bonds is 5. The molecule has 114 valence electrons. The number of hydrogen-bond acceptors (Lipinski definition) is 4. The van der Waals surface area contributed by atoms with E-state index in [1.807, 2.05) is 12.1 Å². The van der Waals surface area contributed by atoms with E-state index in [0.717, 1.165) is 12.8 Å². The van der Waals surface area contributed by atoms with Gasteiger partial charge >= 0.3 is 5.97 Å². The van der Waals surface area contributed by atoms with E-state index in [4.69, 9.17) is 10.00 Å². The highest BCUT2D eigenvalue weighted by atomic mass is 16.5. The van der Waals surface area contributed by atoms with Crippen molar-refractivity contribution in [3.05, 3.63) is 42.0 Å². The van der Waals surface area contributed by atoms with Gasteiger partial charge in [-0.1, -0.05) is 18.2 Å². The molecule has 5 heteroatoms. The first-order valence-corrected chi connectivity index (χ1v) is 7.25. The van der Waals surface area contributed by atoms with Crippen molar-refractivity contribution in [2.75, 3.05) is 5.32 Å². The minimum Gasteiger partial charge on any atom is -0.453 e. The Hall–Kier alpha value is -2.61. The van der Waals surface area contributed by atoms with Crippen molar-refractivity contribution in [3.8, 4) is 6.07 Å². The zero-order chi connectivity index (χ0) is 15.9. The van der Waals surface area contributed by atoms with Crippen LogP contribution in [0, 0.1) is 17.2 Å². The molecule has 0 aliphatic heterocycles. The number of benzene rings is 1. The lowest BCUT2D eigenvalue weighted by atomic mass is 10.1. The maximum Gasteiger partial charge on any atom is 0.307 e. The van der Waals surface area contributed by atoms with Gasteiger partial charge in [-0.05, 0) is 43.9 Å². The largest absolute Gasteiger partial charge is 0.453 e. The minimum atomic E-state index is -0.872. The molecule has 0 fully saturated rings. The SMILES string of the molecule is C[C@H](OC(=O)C[C@H]1C=CCC1)C(=O)Nc1cccc(C#N)c1. The third-order valence-electron chi connectivity index (χ3n) is 3.48. The fourth-order valence-electron chi connectivity index (χ4n) is 2.29. The molecule has 1 aliphatic rings. The lowest BCUT2D eigenvalue weighted by Gasteiger charge is -2.15.